The largest absolute Gasteiger partial charge is 0.388 e. The van der Waals surface area contributed by atoms with E-state index >= 15 is 0 Å². The van der Waals surface area contributed by atoms with E-state index in [1.165, 1.54) is 0 Å². The molecule has 5 nitrogen and oxygen atoms in total. The minimum atomic E-state index is -1.43. The molecule has 1 fully saturated rings. The Labute approximate surface area is 83.1 Å². The molecule has 1 aliphatic rings. The third kappa shape index (κ3) is 1.88. The van der Waals surface area contributed by atoms with E-state index < -0.39 is 30.7 Å². The average molecular weight is 290 g/mol. The monoisotopic (exact) mass is 290 g/mol. The highest BCUT2D eigenvalue weighted by molar-refractivity contribution is 14.1. The molecule has 0 radical (unpaired) electrons. The van der Waals surface area contributed by atoms with Crippen LogP contribution in [-0.2, 0) is 4.74 Å². The second-order valence-corrected chi connectivity index (χ2v) is 3.57. The van der Waals surface area contributed by atoms with Crippen LogP contribution in [0.4, 0.5) is 0 Å². The van der Waals surface area contributed by atoms with Gasteiger partial charge in [-0.3, -0.25) is 0 Å². The lowest BCUT2D eigenvalue weighted by molar-refractivity contribution is -0.275. The summed E-state index contributed by atoms with van der Waals surface area (Å²) in [6.07, 6.45) is -5.95. The summed E-state index contributed by atoms with van der Waals surface area (Å²) < 4.78 is 5.26. The Bertz CT molecular complexity index is 150. The molecule has 0 aromatic rings. The predicted molar refractivity (Wildman–Crippen MR) is 47.8 cm³/mol. The van der Waals surface area contributed by atoms with Crippen molar-refractivity contribution in [1.29, 1.82) is 0 Å². The van der Waals surface area contributed by atoms with Gasteiger partial charge in [-0.25, -0.2) is 0 Å². The van der Waals surface area contributed by atoms with Crippen LogP contribution < -0.4 is 0 Å². The van der Waals surface area contributed by atoms with Crippen LogP contribution in [0, 0.1) is 0 Å². The van der Waals surface area contributed by atoms with Crippen LogP contribution in [0.3, 0.4) is 0 Å². The van der Waals surface area contributed by atoms with Gasteiger partial charge in [0.15, 0.2) is 6.29 Å². The molecule has 0 aromatic carbocycles. The van der Waals surface area contributed by atoms with Gasteiger partial charge in [-0.15, -0.1) is 0 Å². The van der Waals surface area contributed by atoms with E-state index in [4.69, 9.17) is 14.9 Å². The first-order valence-corrected chi connectivity index (χ1v) is 5.04. The molecule has 0 saturated carbocycles. The van der Waals surface area contributed by atoms with Crippen molar-refractivity contribution in [3.63, 3.8) is 0 Å². The first kappa shape index (κ1) is 10.6. The number of halogens is 1. The van der Waals surface area contributed by atoms with Crippen LogP contribution in [0.25, 0.3) is 0 Å². The van der Waals surface area contributed by atoms with Crippen molar-refractivity contribution >= 4 is 22.6 Å². The van der Waals surface area contributed by atoms with Crippen LogP contribution in [0.15, 0.2) is 0 Å². The van der Waals surface area contributed by atoms with Gasteiger partial charge in [0.25, 0.3) is 0 Å². The predicted octanol–water partition coefficient (Wildman–Crippen LogP) is -1.78. The first-order chi connectivity index (χ1) is 5.57. The molecule has 72 valence electrons. The van der Waals surface area contributed by atoms with Gasteiger partial charge in [0.05, 0.1) is 6.10 Å². The number of hydrogen-bond donors (Lipinski definition) is 4. The van der Waals surface area contributed by atoms with Gasteiger partial charge in [0, 0.05) is 4.43 Å². The van der Waals surface area contributed by atoms with Gasteiger partial charge in [-0.05, 0) is 0 Å². The van der Waals surface area contributed by atoms with E-state index in [1.807, 2.05) is 22.6 Å². The Morgan fingerprint density at radius 2 is 1.58 bits per heavy atom. The molecule has 12 heavy (non-hydrogen) atoms. The van der Waals surface area contributed by atoms with Crippen molar-refractivity contribution in [3.05, 3.63) is 0 Å². The highest BCUT2D eigenvalue weighted by Gasteiger charge is 2.42. The Morgan fingerprint density at radius 3 is 2.08 bits per heavy atom. The zero-order valence-electron chi connectivity index (χ0n) is 6.17. The summed E-state index contributed by atoms with van der Waals surface area (Å²) in [6, 6.07) is 0. The highest BCUT2D eigenvalue weighted by Crippen LogP contribution is 2.20. The van der Waals surface area contributed by atoms with Crippen LogP contribution in [0.2, 0.25) is 0 Å². The van der Waals surface area contributed by atoms with Crippen LogP contribution >= 0.6 is 22.6 Å². The number of alkyl halides is 1. The van der Waals surface area contributed by atoms with E-state index in [1.54, 1.807) is 0 Å². The molecular formula is C6H11IO5. The van der Waals surface area contributed by atoms with Gasteiger partial charge in [-0.1, -0.05) is 22.6 Å². The fourth-order valence-electron chi connectivity index (χ4n) is 1.06. The first-order valence-electron chi connectivity index (χ1n) is 3.51. The third-order valence-corrected chi connectivity index (χ3v) is 2.71. The van der Waals surface area contributed by atoms with Gasteiger partial charge < -0.3 is 25.2 Å². The Hall–Kier alpha value is 0.530. The molecule has 6 heteroatoms. The maximum absolute atomic E-state index is 9.27. The quantitative estimate of drug-likeness (QED) is 0.339. The van der Waals surface area contributed by atoms with Crippen molar-refractivity contribution in [2.45, 2.75) is 30.7 Å². The standard InChI is InChI=1S/C6H11IO5/c7-1-2-3(8)4(9)5(10)6(11)12-2/h2-6,8-11H,1H2/t2?,3-,4-,5?,6-/m1/s1. The molecule has 1 saturated heterocycles. The maximum Gasteiger partial charge on any atom is 0.183 e. The fourth-order valence-corrected chi connectivity index (χ4v) is 1.79. The van der Waals surface area contributed by atoms with Gasteiger partial charge in [0.2, 0.25) is 0 Å². The van der Waals surface area contributed by atoms with Gasteiger partial charge in [0.1, 0.15) is 18.3 Å². The van der Waals surface area contributed by atoms with Crippen molar-refractivity contribution in [3.8, 4) is 0 Å². The summed E-state index contributed by atoms with van der Waals surface area (Å²) in [5, 5.41) is 36.5. The van der Waals surface area contributed by atoms with E-state index in [2.05, 4.69) is 0 Å². The molecule has 0 spiro atoms. The second-order valence-electron chi connectivity index (χ2n) is 2.69. The maximum atomic E-state index is 9.27. The lowest BCUT2D eigenvalue weighted by Crippen LogP contribution is -2.57. The van der Waals surface area contributed by atoms with Crippen LogP contribution in [-0.4, -0.2) is 55.6 Å². The van der Waals surface area contributed by atoms with Crippen LogP contribution in [0.5, 0.6) is 0 Å². The molecule has 2 unspecified atom stereocenters. The van der Waals surface area contributed by atoms with Crippen molar-refractivity contribution < 1.29 is 25.2 Å². The lowest BCUT2D eigenvalue weighted by atomic mass is 10.0. The third-order valence-electron chi connectivity index (χ3n) is 1.84. The molecule has 1 aliphatic heterocycles. The summed E-state index contributed by atoms with van der Waals surface area (Å²) in [7, 11) is 0. The molecule has 0 aromatic heterocycles. The fraction of sp³-hybridized carbons (Fsp3) is 1.00. The van der Waals surface area contributed by atoms with Crippen molar-refractivity contribution in [2.75, 3.05) is 4.43 Å². The minimum Gasteiger partial charge on any atom is -0.388 e. The second kappa shape index (κ2) is 4.16. The molecular weight excluding hydrogens is 279 g/mol. The molecule has 1 rings (SSSR count). The Kier molecular flexibility index (Phi) is 3.68. The Morgan fingerprint density at radius 1 is 1.00 bits per heavy atom. The summed E-state index contributed by atoms with van der Waals surface area (Å²) >= 11 is 1.96. The molecule has 1 heterocycles. The number of hydrogen-bond acceptors (Lipinski definition) is 5. The highest BCUT2D eigenvalue weighted by atomic mass is 127. The van der Waals surface area contributed by atoms with Crippen LogP contribution in [0.1, 0.15) is 0 Å². The number of rotatable bonds is 1. The van der Waals surface area contributed by atoms with E-state index in [9.17, 15) is 10.2 Å². The molecule has 0 bridgehead atoms. The number of aliphatic hydroxyl groups excluding tert-OH is 4. The van der Waals surface area contributed by atoms with Gasteiger partial charge >= 0.3 is 0 Å². The van der Waals surface area contributed by atoms with E-state index in [-0.39, 0.29) is 0 Å². The summed E-state index contributed by atoms with van der Waals surface area (Å²) in [4.78, 5) is 0. The average Bonchev–Trinajstić information content (AvgIpc) is 2.08. The minimum absolute atomic E-state index is 0.444. The summed E-state index contributed by atoms with van der Waals surface area (Å²) in [6.45, 7) is 0. The normalized spacial score (nSPS) is 49.2. The Balaban J connectivity index is 2.63. The smallest absolute Gasteiger partial charge is 0.183 e. The van der Waals surface area contributed by atoms with Gasteiger partial charge in [-0.2, -0.15) is 0 Å². The molecule has 5 atom stereocenters. The topological polar surface area (TPSA) is 90.2 Å². The lowest BCUT2D eigenvalue weighted by Gasteiger charge is -2.37. The molecule has 4 N–H and O–H groups in total. The zero-order chi connectivity index (χ0) is 9.30. The summed E-state index contributed by atoms with van der Waals surface area (Å²) in [5.41, 5.74) is 0. The SMILES string of the molecule is OC1[C@H](O)OC(CI)[C@@H](O)[C@H]1O. The summed E-state index contributed by atoms with van der Waals surface area (Å²) in [5.74, 6) is 0. The van der Waals surface area contributed by atoms with E-state index in [0.29, 0.717) is 4.43 Å². The number of aliphatic hydroxyl groups is 4. The number of ether oxygens (including phenoxy) is 1. The zero-order valence-corrected chi connectivity index (χ0v) is 8.33. The van der Waals surface area contributed by atoms with Crippen molar-refractivity contribution in [2.24, 2.45) is 0 Å². The van der Waals surface area contributed by atoms with E-state index in [0.717, 1.165) is 0 Å². The molecule has 0 amide bonds. The van der Waals surface area contributed by atoms with Crippen molar-refractivity contribution in [1.82, 2.24) is 0 Å². The molecule has 0 aliphatic carbocycles.